The van der Waals surface area contributed by atoms with Crippen LogP contribution in [0.4, 0.5) is 18.9 Å². The highest BCUT2D eigenvalue weighted by molar-refractivity contribution is 7.10. The van der Waals surface area contributed by atoms with Crippen molar-refractivity contribution in [1.82, 2.24) is 0 Å². The van der Waals surface area contributed by atoms with Crippen LogP contribution in [-0.2, 0) is 25.6 Å². The van der Waals surface area contributed by atoms with Crippen molar-refractivity contribution in [1.29, 1.82) is 0 Å². The standard InChI is InChI=1S/C18H20F3NO2S/c1-3-5-14-15(10-25-16(14)4-2)17(24)22-13-7-11(9-23)6-12(8-13)18(19,20)21/h6-8,10,23H,3-5,9H2,1-2H3,(H,22,24). The van der Waals surface area contributed by atoms with E-state index < -0.39 is 24.3 Å². The summed E-state index contributed by atoms with van der Waals surface area (Å²) in [6, 6.07) is 3.10. The average Bonchev–Trinajstić information content (AvgIpc) is 2.97. The Kier molecular flexibility index (Phi) is 6.24. The van der Waals surface area contributed by atoms with Gasteiger partial charge in [0.25, 0.3) is 5.91 Å². The Morgan fingerprint density at radius 3 is 2.52 bits per heavy atom. The molecule has 2 rings (SSSR count). The zero-order valence-corrected chi connectivity index (χ0v) is 14.9. The Bertz CT molecular complexity index is 753. The second-order valence-electron chi connectivity index (χ2n) is 5.68. The number of alkyl halides is 3. The molecule has 2 aromatic rings. The number of amides is 1. The summed E-state index contributed by atoms with van der Waals surface area (Å²) in [5.41, 5.74) is 0.685. The van der Waals surface area contributed by atoms with E-state index in [1.165, 1.54) is 17.4 Å². The summed E-state index contributed by atoms with van der Waals surface area (Å²) in [5, 5.41) is 13.5. The SMILES string of the molecule is CCCc1c(C(=O)Nc2cc(CO)cc(C(F)(F)F)c2)csc1CC. The van der Waals surface area contributed by atoms with Crippen LogP contribution >= 0.6 is 11.3 Å². The van der Waals surface area contributed by atoms with Crippen LogP contribution in [0.15, 0.2) is 23.6 Å². The number of hydrogen-bond acceptors (Lipinski definition) is 3. The molecule has 0 fully saturated rings. The number of halogens is 3. The second-order valence-corrected chi connectivity index (χ2v) is 6.65. The predicted octanol–water partition coefficient (Wildman–Crippen LogP) is 5.03. The third-order valence-electron chi connectivity index (χ3n) is 3.81. The first kappa shape index (κ1) is 19.5. The molecule has 2 N–H and O–H groups in total. The zero-order valence-electron chi connectivity index (χ0n) is 14.0. The fraction of sp³-hybridized carbons (Fsp3) is 0.389. The van der Waals surface area contributed by atoms with E-state index in [1.807, 2.05) is 13.8 Å². The molecule has 0 radical (unpaired) electrons. The number of aliphatic hydroxyl groups excluding tert-OH is 1. The highest BCUT2D eigenvalue weighted by Crippen LogP contribution is 2.32. The highest BCUT2D eigenvalue weighted by Gasteiger charge is 2.31. The Balaban J connectivity index is 2.33. The molecule has 0 aliphatic rings. The minimum Gasteiger partial charge on any atom is -0.392 e. The lowest BCUT2D eigenvalue weighted by atomic mass is 10.0. The molecule has 7 heteroatoms. The van der Waals surface area contributed by atoms with Gasteiger partial charge in [-0.15, -0.1) is 11.3 Å². The lowest BCUT2D eigenvalue weighted by Gasteiger charge is -2.13. The Morgan fingerprint density at radius 2 is 1.96 bits per heavy atom. The molecule has 0 spiro atoms. The summed E-state index contributed by atoms with van der Waals surface area (Å²) >= 11 is 1.49. The first-order chi connectivity index (χ1) is 11.8. The van der Waals surface area contributed by atoms with Crippen molar-refractivity contribution in [3.05, 3.63) is 50.7 Å². The molecule has 25 heavy (non-hydrogen) atoms. The second kappa shape index (κ2) is 8.01. The van der Waals surface area contributed by atoms with Crippen LogP contribution in [-0.4, -0.2) is 11.0 Å². The topological polar surface area (TPSA) is 49.3 Å². The summed E-state index contributed by atoms with van der Waals surface area (Å²) in [5.74, 6) is -0.428. The van der Waals surface area contributed by atoms with Gasteiger partial charge in [0.05, 0.1) is 17.7 Å². The van der Waals surface area contributed by atoms with E-state index in [1.54, 1.807) is 5.38 Å². The average molecular weight is 371 g/mol. The van der Waals surface area contributed by atoms with Crippen molar-refractivity contribution >= 4 is 22.9 Å². The summed E-state index contributed by atoms with van der Waals surface area (Å²) in [6.07, 6.45) is -2.11. The molecule has 1 aromatic heterocycles. The molecular formula is C18H20F3NO2S. The normalized spacial score (nSPS) is 11.6. The van der Waals surface area contributed by atoms with Gasteiger partial charge in [0.2, 0.25) is 0 Å². The number of carbonyl (C=O) groups is 1. The van der Waals surface area contributed by atoms with E-state index >= 15 is 0 Å². The molecule has 136 valence electrons. The van der Waals surface area contributed by atoms with E-state index in [9.17, 15) is 23.1 Å². The van der Waals surface area contributed by atoms with E-state index in [0.717, 1.165) is 41.8 Å². The minimum atomic E-state index is -4.55. The largest absolute Gasteiger partial charge is 0.416 e. The monoisotopic (exact) mass is 371 g/mol. The molecule has 1 heterocycles. The quantitative estimate of drug-likeness (QED) is 0.748. The highest BCUT2D eigenvalue weighted by atomic mass is 32.1. The zero-order chi connectivity index (χ0) is 18.6. The van der Waals surface area contributed by atoms with Crippen LogP contribution in [0, 0.1) is 0 Å². The van der Waals surface area contributed by atoms with E-state index in [2.05, 4.69) is 5.32 Å². The van der Waals surface area contributed by atoms with Crippen LogP contribution in [0.2, 0.25) is 0 Å². The Morgan fingerprint density at radius 1 is 1.24 bits per heavy atom. The number of rotatable bonds is 6. The van der Waals surface area contributed by atoms with Crippen LogP contribution in [0.1, 0.15) is 52.2 Å². The molecule has 1 amide bonds. The predicted molar refractivity (Wildman–Crippen MR) is 93.0 cm³/mol. The third-order valence-corrected chi connectivity index (χ3v) is 4.98. The van der Waals surface area contributed by atoms with Crippen LogP contribution in [0.5, 0.6) is 0 Å². The maximum absolute atomic E-state index is 13.0. The van der Waals surface area contributed by atoms with E-state index in [0.29, 0.717) is 5.56 Å². The molecule has 0 bridgehead atoms. The summed E-state index contributed by atoms with van der Waals surface area (Å²) in [4.78, 5) is 13.7. The van der Waals surface area contributed by atoms with Crippen molar-refractivity contribution in [2.24, 2.45) is 0 Å². The fourth-order valence-electron chi connectivity index (χ4n) is 2.65. The maximum atomic E-state index is 13.0. The van der Waals surface area contributed by atoms with Gasteiger partial charge in [0, 0.05) is 15.9 Å². The molecular weight excluding hydrogens is 351 g/mol. The van der Waals surface area contributed by atoms with Gasteiger partial charge in [-0.3, -0.25) is 4.79 Å². The van der Waals surface area contributed by atoms with Gasteiger partial charge in [-0.1, -0.05) is 20.3 Å². The van der Waals surface area contributed by atoms with Crippen molar-refractivity contribution in [2.45, 2.75) is 45.9 Å². The summed E-state index contributed by atoms with van der Waals surface area (Å²) in [6.45, 7) is 3.48. The maximum Gasteiger partial charge on any atom is 0.416 e. The van der Waals surface area contributed by atoms with Gasteiger partial charge in [-0.2, -0.15) is 13.2 Å². The van der Waals surface area contributed by atoms with Crippen molar-refractivity contribution in [3.63, 3.8) is 0 Å². The number of benzene rings is 1. The third kappa shape index (κ3) is 4.61. The first-order valence-corrected chi connectivity index (χ1v) is 8.90. The van der Waals surface area contributed by atoms with Gasteiger partial charge in [-0.05, 0) is 42.2 Å². The molecule has 0 saturated carbocycles. The number of carbonyl (C=O) groups excluding carboxylic acids is 1. The van der Waals surface area contributed by atoms with E-state index in [4.69, 9.17) is 0 Å². The van der Waals surface area contributed by atoms with Crippen LogP contribution < -0.4 is 5.32 Å². The number of aryl methyl sites for hydroxylation is 1. The Hall–Kier alpha value is -1.86. The lowest BCUT2D eigenvalue weighted by molar-refractivity contribution is -0.137. The van der Waals surface area contributed by atoms with Gasteiger partial charge in [0.15, 0.2) is 0 Å². The molecule has 0 atom stereocenters. The van der Waals surface area contributed by atoms with E-state index in [-0.39, 0.29) is 11.3 Å². The number of anilines is 1. The smallest absolute Gasteiger partial charge is 0.392 e. The number of thiophene rings is 1. The lowest BCUT2D eigenvalue weighted by Crippen LogP contribution is -2.15. The minimum absolute atomic E-state index is 0.0237. The van der Waals surface area contributed by atoms with Crippen LogP contribution in [0.25, 0.3) is 0 Å². The Labute approximate surface area is 148 Å². The molecule has 0 aliphatic carbocycles. The number of hydrogen-bond donors (Lipinski definition) is 2. The fourth-order valence-corrected chi connectivity index (χ4v) is 3.68. The van der Waals surface area contributed by atoms with Gasteiger partial charge < -0.3 is 10.4 Å². The van der Waals surface area contributed by atoms with Gasteiger partial charge in [0.1, 0.15) is 0 Å². The summed E-state index contributed by atoms with van der Waals surface area (Å²) in [7, 11) is 0. The number of nitrogens with one attached hydrogen (secondary N) is 1. The molecule has 0 aliphatic heterocycles. The summed E-state index contributed by atoms with van der Waals surface area (Å²) < 4.78 is 38.9. The molecule has 0 unspecified atom stereocenters. The van der Waals surface area contributed by atoms with Crippen molar-refractivity contribution in [2.75, 3.05) is 5.32 Å². The molecule has 0 saturated heterocycles. The molecule has 3 nitrogen and oxygen atoms in total. The molecule has 1 aromatic carbocycles. The van der Waals surface area contributed by atoms with Crippen molar-refractivity contribution < 1.29 is 23.1 Å². The first-order valence-electron chi connectivity index (χ1n) is 8.02. The van der Waals surface area contributed by atoms with Gasteiger partial charge in [-0.25, -0.2) is 0 Å². The van der Waals surface area contributed by atoms with Crippen molar-refractivity contribution in [3.8, 4) is 0 Å². The van der Waals surface area contributed by atoms with Gasteiger partial charge >= 0.3 is 6.18 Å². The number of aliphatic hydroxyl groups is 1. The van der Waals surface area contributed by atoms with Crippen LogP contribution in [0.3, 0.4) is 0 Å².